The van der Waals surface area contributed by atoms with Gasteiger partial charge in [-0.3, -0.25) is 0 Å². The van der Waals surface area contributed by atoms with Crippen LogP contribution in [0.5, 0.6) is 0 Å². The molecule has 1 fully saturated rings. The lowest BCUT2D eigenvalue weighted by Gasteiger charge is -2.45. The Morgan fingerprint density at radius 3 is 2.63 bits per heavy atom. The van der Waals surface area contributed by atoms with Gasteiger partial charge in [0.25, 0.3) is 0 Å². The summed E-state index contributed by atoms with van der Waals surface area (Å²) in [5.74, 6) is 1.57. The van der Waals surface area contributed by atoms with E-state index in [4.69, 9.17) is 0 Å². The van der Waals surface area contributed by atoms with Crippen molar-refractivity contribution in [3.05, 3.63) is 21.9 Å². The molecule has 0 radical (unpaired) electrons. The number of rotatable bonds is 4. The monoisotopic (exact) mass is 281 g/mol. The molecule has 0 aliphatic heterocycles. The van der Waals surface area contributed by atoms with Crippen LogP contribution in [0.15, 0.2) is 12.1 Å². The lowest BCUT2D eigenvalue weighted by Crippen LogP contribution is -2.46. The summed E-state index contributed by atoms with van der Waals surface area (Å²) in [5, 5.41) is 3.80. The molecule has 1 N–H and O–H groups in total. The van der Waals surface area contributed by atoms with Gasteiger partial charge in [0.05, 0.1) is 0 Å². The maximum Gasteiger partial charge on any atom is 0.0302 e. The van der Waals surface area contributed by atoms with Gasteiger partial charge in [-0.25, -0.2) is 0 Å². The molecule has 0 amide bonds. The fourth-order valence-electron chi connectivity index (χ4n) is 3.31. The van der Waals surface area contributed by atoms with Gasteiger partial charge in [0.15, 0.2) is 0 Å². The highest BCUT2D eigenvalue weighted by Gasteiger charge is 2.38. The maximum atomic E-state index is 3.80. The van der Waals surface area contributed by atoms with Crippen LogP contribution in [-0.4, -0.2) is 6.04 Å². The van der Waals surface area contributed by atoms with Crippen molar-refractivity contribution in [3.63, 3.8) is 0 Å². The van der Waals surface area contributed by atoms with Crippen LogP contribution in [0.1, 0.15) is 58.6 Å². The van der Waals surface area contributed by atoms with Gasteiger partial charge in [-0.2, -0.15) is 0 Å². The molecule has 0 saturated heterocycles. The van der Waals surface area contributed by atoms with Crippen molar-refractivity contribution < 1.29 is 1.43 Å². The third kappa shape index (κ3) is 3.41. The maximum absolute atomic E-state index is 3.80. The first-order chi connectivity index (χ1) is 8.94. The van der Waals surface area contributed by atoms with Crippen LogP contribution in [0.3, 0.4) is 0 Å². The molecule has 1 nitrogen and oxygen atoms in total. The Labute approximate surface area is 124 Å². The van der Waals surface area contributed by atoms with Gasteiger partial charge in [-0.1, -0.05) is 34.6 Å². The standard InChI is InChI=1S/C17H29NS.H2/c1-6-14-7-8-15(19-14)11-18-16-9-10-17(4,5)13(3)12(16)2;/h7-8,12-13,16,18H,6,9-11H2,1-5H3;1H/t12-,13-,16-;/m1./s1. The highest BCUT2D eigenvalue weighted by Crippen LogP contribution is 2.43. The first-order valence-electron chi connectivity index (χ1n) is 7.75. The summed E-state index contributed by atoms with van der Waals surface area (Å²) in [5.41, 5.74) is 0.510. The van der Waals surface area contributed by atoms with Crippen LogP contribution in [-0.2, 0) is 13.0 Å². The summed E-state index contributed by atoms with van der Waals surface area (Å²) in [7, 11) is 0. The normalized spacial score (nSPS) is 30.5. The second kappa shape index (κ2) is 5.97. The van der Waals surface area contributed by atoms with Crippen molar-refractivity contribution >= 4 is 11.3 Å². The van der Waals surface area contributed by atoms with Crippen molar-refractivity contribution in [2.75, 3.05) is 0 Å². The predicted octanol–water partition coefficient (Wildman–Crippen LogP) is 5.11. The molecule has 2 rings (SSSR count). The van der Waals surface area contributed by atoms with Crippen molar-refractivity contribution in [1.29, 1.82) is 0 Å². The molecule has 2 heteroatoms. The zero-order valence-electron chi connectivity index (χ0n) is 13.1. The molecule has 1 aliphatic rings. The van der Waals surface area contributed by atoms with Crippen LogP contribution >= 0.6 is 11.3 Å². The number of hydrogen-bond acceptors (Lipinski definition) is 2. The molecule has 1 aliphatic carbocycles. The molecule has 1 saturated carbocycles. The average Bonchev–Trinajstić information content (AvgIpc) is 2.83. The first-order valence-corrected chi connectivity index (χ1v) is 8.56. The third-order valence-corrected chi connectivity index (χ3v) is 6.59. The number of nitrogens with one attached hydrogen (secondary N) is 1. The van der Waals surface area contributed by atoms with E-state index in [0.717, 1.165) is 24.8 Å². The van der Waals surface area contributed by atoms with Crippen molar-refractivity contribution in [3.8, 4) is 0 Å². The van der Waals surface area contributed by atoms with E-state index in [2.05, 4.69) is 52.1 Å². The number of hydrogen-bond donors (Lipinski definition) is 1. The zero-order chi connectivity index (χ0) is 14.0. The van der Waals surface area contributed by atoms with Gasteiger partial charge in [0.1, 0.15) is 0 Å². The SMILES string of the molecule is CCc1ccc(CN[C@@H]2CCC(C)(C)[C@H](C)[C@H]2C)s1.[HH]. The Kier molecular flexibility index (Phi) is 4.73. The summed E-state index contributed by atoms with van der Waals surface area (Å²) in [4.78, 5) is 2.99. The zero-order valence-corrected chi connectivity index (χ0v) is 13.9. The minimum Gasteiger partial charge on any atom is -0.309 e. The van der Waals surface area contributed by atoms with E-state index in [1.807, 2.05) is 11.3 Å². The van der Waals surface area contributed by atoms with Crippen molar-refractivity contribution in [1.82, 2.24) is 5.32 Å². The van der Waals surface area contributed by atoms with E-state index in [1.165, 1.54) is 22.6 Å². The Balaban J connectivity index is 0.00000200. The Hall–Kier alpha value is -0.340. The molecule has 1 aromatic rings. The molecular weight excluding hydrogens is 250 g/mol. The molecule has 0 aromatic carbocycles. The molecule has 0 unspecified atom stereocenters. The number of thiophene rings is 1. The highest BCUT2D eigenvalue weighted by molar-refractivity contribution is 7.11. The van der Waals surface area contributed by atoms with Crippen LogP contribution < -0.4 is 5.32 Å². The lowest BCUT2D eigenvalue weighted by molar-refractivity contribution is 0.0685. The average molecular weight is 282 g/mol. The molecule has 1 aromatic heterocycles. The molecule has 3 atom stereocenters. The Bertz CT molecular complexity index is 413. The fraction of sp³-hybridized carbons (Fsp3) is 0.765. The van der Waals surface area contributed by atoms with Gasteiger partial charge in [0.2, 0.25) is 0 Å². The second-order valence-electron chi connectivity index (χ2n) is 6.88. The Morgan fingerprint density at radius 1 is 1.32 bits per heavy atom. The smallest absolute Gasteiger partial charge is 0.0302 e. The lowest BCUT2D eigenvalue weighted by atomic mass is 9.63. The van der Waals surface area contributed by atoms with Gasteiger partial charge in [-0.15, -0.1) is 11.3 Å². The summed E-state index contributed by atoms with van der Waals surface area (Å²) in [6, 6.07) is 5.25. The molecular formula is C17H31NS. The van der Waals surface area contributed by atoms with Crippen LogP contribution in [0.2, 0.25) is 0 Å². The van der Waals surface area contributed by atoms with Crippen LogP contribution in [0.25, 0.3) is 0 Å². The van der Waals surface area contributed by atoms with E-state index in [-0.39, 0.29) is 1.43 Å². The van der Waals surface area contributed by atoms with Crippen LogP contribution in [0, 0.1) is 17.3 Å². The topological polar surface area (TPSA) is 12.0 Å². The van der Waals surface area contributed by atoms with Crippen molar-refractivity contribution in [2.24, 2.45) is 17.3 Å². The number of aryl methyl sites for hydroxylation is 1. The first kappa shape index (κ1) is 15.1. The summed E-state index contributed by atoms with van der Waals surface area (Å²) >= 11 is 1.96. The summed E-state index contributed by atoms with van der Waals surface area (Å²) < 4.78 is 0. The van der Waals surface area contributed by atoms with E-state index in [9.17, 15) is 0 Å². The minimum absolute atomic E-state index is 0. The van der Waals surface area contributed by atoms with Crippen molar-refractivity contribution in [2.45, 2.75) is 66.5 Å². The fourth-order valence-corrected chi connectivity index (χ4v) is 4.21. The largest absolute Gasteiger partial charge is 0.309 e. The Morgan fingerprint density at radius 2 is 2.00 bits per heavy atom. The predicted molar refractivity (Wildman–Crippen MR) is 87.8 cm³/mol. The van der Waals surface area contributed by atoms with Gasteiger partial charge in [-0.05, 0) is 48.6 Å². The molecule has 1 heterocycles. The molecule has 110 valence electrons. The van der Waals surface area contributed by atoms with Gasteiger partial charge >= 0.3 is 0 Å². The third-order valence-electron chi connectivity index (χ3n) is 5.36. The quantitative estimate of drug-likeness (QED) is 0.809. The van der Waals surface area contributed by atoms with E-state index in [0.29, 0.717) is 11.5 Å². The summed E-state index contributed by atoms with van der Waals surface area (Å²) in [6.45, 7) is 13.0. The molecule has 0 bridgehead atoms. The summed E-state index contributed by atoms with van der Waals surface area (Å²) in [6.07, 6.45) is 3.83. The molecule has 0 spiro atoms. The highest BCUT2D eigenvalue weighted by atomic mass is 32.1. The minimum atomic E-state index is 0. The van der Waals surface area contributed by atoms with Crippen LogP contribution in [0.4, 0.5) is 0 Å². The van der Waals surface area contributed by atoms with E-state index in [1.54, 1.807) is 0 Å². The van der Waals surface area contributed by atoms with E-state index >= 15 is 0 Å². The second-order valence-corrected chi connectivity index (χ2v) is 8.14. The molecule has 19 heavy (non-hydrogen) atoms. The van der Waals surface area contributed by atoms with Gasteiger partial charge in [0, 0.05) is 23.8 Å². The van der Waals surface area contributed by atoms with E-state index < -0.39 is 0 Å². The van der Waals surface area contributed by atoms with Gasteiger partial charge < -0.3 is 5.32 Å².